The first kappa shape index (κ1) is 20.5. The number of hydrogen-bond donors (Lipinski definition) is 2. The summed E-state index contributed by atoms with van der Waals surface area (Å²) in [6, 6.07) is 2.52. The number of nitrogens with zero attached hydrogens (tertiary/aromatic N) is 4. The molecule has 3 rings (SSSR count). The van der Waals surface area contributed by atoms with E-state index < -0.39 is 29.7 Å². The van der Waals surface area contributed by atoms with Gasteiger partial charge < -0.3 is 10.1 Å². The molecular weight excluding hydrogens is 376 g/mol. The van der Waals surface area contributed by atoms with Crippen molar-refractivity contribution in [2.24, 2.45) is 5.92 Å². The van der Waals surface area contributed by atoms with E-state index in [1.807, 2.05) is 30.5 Å². The Morgan fingerprint density at radius 2 is 1.90 bits per heavy atom. The van der Waals surface area contributed by atoms with Gasteiger partial charge in [-0.15, -0.1) is 0 Å². The van der Waals surface area contributed by atoms with Crippen molar-refractivity contribution in [3.63, 3.8) is 0 Å². The van der Waals surface area contributed by atoms with Crippen molar-refractivity contribution < 1.29 is 19.1 Å². The van der Waals surface area contributed by atoms with Gasteiger partial charge in [-0.1, -0.05) is 6.07 Å². The lowest BCUT2D eigenvalue weighted by atomic mass is 9.83. The van der Waals surface area contributed by atoms with E-state index in [-0.39, 0.29) is 5.82 Å². The summed E-state index contributed by atoms with van der Waals surface area (Å²) in [5.41, 5.74) is 1.77. The fourth-order valence-electron chi connectivity index (χ4n) is 3.55. The molecule has 154 valence electrons. The van der Waals surface area contributed by atoms with Gasteiger partial charge in [0.2, 0.25) is 11.8 Å². The average molecular weight is 400 g/mol. The summed E-state index contributed by atoms with van der Waals surface area (Å²) in [6.07, 6.45) is 3.09. The maximum absolute atomic E-state index is 13.1. The van der Waals surface area contributed by atoms with Gasteiger partial charge in [-0.3, -0.25) is 25.2 Å². The molecule has 1 aliphatic rings. The Kier molecular flexibility index (Phi) is 5.64. The molecule has 4 amide bonds. The third-order valence-corrected chi connectivity index (χ3v) is 5.18. The second-order valence-corrected chi connectivity index (χ2v) is 7.33. The maximum atomic E-state index is 13.1. The summed E-state index contributed by atoms with van der Waals surface area (Å²) < 4.78 is 2.59. The molecule has 29 heavy (non-hydrogen) atoms. The summed E-state index contributed by atoms with van der Waals surface area (Å²) in [7, 11) is 3.84. The second-order valence-electron chi connectivity index (χ2n) is 7.33. The maximum Gasteiger partial charge on any atom is 0.328 e. The summed E-state index contributed by atoms with van der Waals surface area (Å²) in [5, 5.41) is 17.4. The molecule has 0 unspecified atom stereocenters. The van der Waals surface area contributed by atoms with Crippen LogP contribution in [-0.2, 0) is 16.1 Å². The highest BCUT2D eigenvalue weighted by Crippen LogP contribution is 2.33. The molecule has 0 radical (unpaired) electrons. The molecule has 1 atom stereocenters. The Bertz CT molecular complexity index is 933. The van der Waals surface area contributed by atoms with E-state index in [2.05, 4.69) is 15.6 Å². The van der Waals surface area contributed by atoms with Crippen LogP contribution in [0.15, 0.2) is 24.5 Å². The zero-order valence-corrected chi connectivity index (χ0v) is 16.8. The predicted molar refractivity (Wildman–Crippen MR) is 103 cm³/mol. The van der Waals surface area contributed by atoms with Crippen molar-refractivity contribution in [1.82, 2.24) is 25.1 Å². The summed E-state index contributed by atoms with van der Waals surface area (Å²) in [5.74, 6) is -3.43. The van der Waals surface area contributed by atoms with Crippen LogP contribution in [0, 0.1) is 25.0 Å². The van der Waals surface area contributed by atoms with Gasteiger partial charge in [-0.05, 0) is 25.7 Å². The number of carbonyl (C=O) groups excluding carboxylic acids is 3. The molecule has 3 heterocycles. The van der Waals surface area contributed by atoms with Gasteiger partial charge in [-0.25, -0.2) is 14.1 Å². The minimum Gasteiger partial charge on any atom is -0.711 e. The zero-order valence-electron chi connectivity index (χ0n) is 16.8. The lowest BCUT2D eigenvalue weighted by molar-refractivity contribution is -0.621. The van der Waals surface area contributed by atoms with Gasteiger partial charge in [0, 0.05) is 32.8 Å². The molecule has 0 spiro atoms. The number of nitrogens with one attached hydrogen (secondary N) is 2. The normalized spacial score (nSPS) is 16.1. The van der Waals surface area contributed by atoms with Gasteiger partial charge in [-0.2, -0.15) is 0 Å². The molecule has 2 aromatic heterocycles. The first-order valence-electron chi connectivity index (χ1n) is 9.21. The predicted octanol–water partition coefficient (Wildman–Crippen LogP) is -0.191. The van der Waals surface area contributed by atoms with E-state index in [9.17, 15) is 19.6 Å². The van der Waals surface area contributed by atoms with E-state index in [1.54, 1.807) is 25.3 Å². The number of pyridine rings is 1. The first-order valence-corrected chi connectivity index (χ1v) is 9.21. The van der Waals surface area contributed by atoms with Gasteiger partial charge >= 0.3 is 6.03 Å². The number of rotatable bonds is 6. The minimum atomic E-state index is -1.29. The largest absolute Gasteiger partial charge is 0.711 e. The summed E-state index contributed by atoms with van der Waals surface area (Å²) in [4.78, 5) is 42.9. The van der Waals surface area contributed by atoms with Crippen molar-refractivity contribution in [2.75, 3.05) is 20.6 Å². The highest BCUT2D eigenvalue weighted by Gasteiger charge is 2.47. The van der Waals surface area contributed by atoms with Crippen LogP contribution in [-0.4, -0.2) is 52.9 Å². The van der Waals surface area contributed by atoms with Crippen molar-refractivity contribution in [2.45, 2.75) is 26.3 Å². The number of imidazole rings is 1. The fourth-order valence-corrected chi connectivity index (χ4v) is 3.55. The van der Waals surface area contributed by atoms with Crippen molar-refractivity contribution >= 4 is 17.8 Å². The molecule has 1 fully saturated rings. The molecule has 2 aromatic rings. The van der Waals surface area contributed by atoms with Gasteiger partial charge in [0.05, 0.1) is 0 Å². The van der Waals surface area contributed by atoms with E-state index in [1.165, 1.54) is 6.20 Å². The average Bonchev–Trinajstić information content (AvgIpc) is 2.87. The standard InChI is InChI=1S/C19H24N6O4/c1-11-12(2)25(29)18(24(11)9-8-23(3)4)14(13-6-5-7-20-10-13)15-16(26)21-19(28)22-17(15)27/h5-7,10,14-15H,8-9H2,1-4H3,(H2,21,22,26,27,28)/t14-/m0/s1. The van der Waals surface area contributed by atoms with Gasteiger partial charge in [0.1, 0.15) is 29.8 Å². The van der Waals surface area contributed by atoms with Crippen LogP contribution in [0.2, 0.25) is 0 Å². The SMILES string of the molecule is Cc1c(C)[n+]([O-])c([C@@H](c2cccnc2)C2C(=O)NC(=O)NC2=O)n1CCN(C)C. The third-order valence-electron chi connectivity index (χ3n) is 5.18. The smallest absolute Gasteiger partial charge is 0.328 e. The van der Waals surface area contributed by atoms with Crippen LogP contribution < -0.4 is 15.4 Å². The van der Waals surface area contributed by atoms with E-state index in [0.717, 1.165) is 10.4 Å². The number of barbiturate groups is 1. The van der Waals surface area contributed by atoms with Gasteiger partial charge in [0.15, 0.2) is 0 Å². The van der Waals surface area contributed by atoms with Crippen molar-refractivity contribution in [3.05, 3.63) is 52.5 Å². The Labute approximate surface area is 168 Å². The van der Waals surface area contributed by atoms with Crippen LogP contribution in [0.5, 0.6) is 0 Å². The Balaban J connectivity index is 2.20. The molecule has 0 aromatic carbocycles. The number of likely N-dealkylation sites (N-methyl/N-ethyl adjacent to an activating group) is 1. The molecule has 1 aliphatic heterocycles. The van der Waals surface area contributed by atoms with E-state index in [4.69, 9.17) is 0 Å². The lowest BCUT2D eigenvalue weighted by Crippen LogP contribution is -2.58. The number of aromatic nitrogens is 3. The lowest BCUT2D eigenvalue weighted by Gasteiger charge is -2.27. The van der Waals surface area contributed by atoms with Crippen LogP contribution in [0.1, 0.15) is 28.7 Å². The van der Waals surface area contributed by atoms with Crippen LogP contribution >= 0.6 is 0 Å². The number of imide groups is 2. The number of urea groups is 1. The zero-order chi connectivity index (χ0) is 21.3. The molecule has 0 saturated carbocycles. The topological polar surface area (TPSA) is 123 Å². The Morgan fingerprint density at radius 1 is 1.24 bits per heavy atom. The molecular formula is C19H24N6O4. The molecule has 10 nitrogen and oxygen atoms in total. The highest BCUT2D eigenvalue weighted by molar-refractivity contribution is 6.16. The molecule has 10 heteroatoms. The minimum absolute atomic E-state index is 0.263. The summed E-state index contributed by atoms with van der Waals surface area (Å²) in [6.45, 7) is 4.68. The molecule has 0 bridgehead atoms. The van der Waals surface area contributed by atoms with E-state index >= 15 is 0 Å². The van der Waals surface area contributed by atoms with Crippen LogP contribution in [0.25, 0.3) is 0 Å². The third kappa shape index (κ3) is 3.83. The van der Waals surface area contributed by atoms with Crippen molar-refractivity contribution in [1.29, 1.82) is 0 Å². The monoisotopic (exact) mass is 400 g/mol. The van der Waals surface area contributed by atoms with Crippen LogP contribution in [0.3, 0.4) is 0 Å². The molecule has 2 N–H and O–H groups in total. The number of hydrogen-bond acceptors (Lipinski definition) is 6. The number of carbonyl (C=O) groups is 3. The van der Waals surface area contributed by atoms with E-state index in [0.29, 0.717) is 24.3 Å². The Hall–Kier alpha value is -3.27. The quantitative estimate of drug-likeness (QED) is 0.394. The first-order chi connectivity index (χ1) is 13.7. The molecule has 1 saturated heterocycles. The highest BCUT2D eigenvalue weighted by atomic mass is 16.5. The summed E-state index contributed by atoms with van der Waals surface area (Å²) >= 11 is 0. The molecule has 0 aliphatic carbocycles. The second kappa shape index (κ2) is 8.00. The number of amides is 4. The fraction of sp³-hybridized carbons (Fsp3) is 0.421. The van der Waals surface area contributed by atoms with Crippen LogP contribution in [0.4, 0.5) is 4.79 Å². The Morgan fingerprint density at radius 3 is 2.45 bits per heavy atom. The van der Waals surface area contributed by atoms with Crippen molar-refractivity contribution in [3.8, 4) is 0 Å². The van der Waals surface area contributed by atoms with Gasteiger partial charge in [0.25, 0.3) is 5.82 Å².